The van der Waals surface area contributed by atoms with Crippen LogP contribution in [0.4, 0.5) is 10.5 Å². The number of anilines is 1. The van der Waals surface area contributed by atoms with E-state index in [-0.39, 0.29) is 4.90 Å². The van der Waals surface area contributed by atoms with Gasteiger partial charge in [0, 0.05) is 18.1 Å². The largest absolute Gasteiger partial charge is 0.444 e. The molecule has 9 heteroatoms. The van der Waals surface area contributed by atoms with E-state index in [1.807, 2.05) is 13.0 Å². The maximum absolute atomic E-state index is 13.0. The molecule has 1 heterocycles. The van der Waals surface area contributed by atoms with Crippen LogP contribution in [0.3, 0.4) is 0 Å². The minimum Gasteiger partial charge on any atom is -0.444 e. The molecule has 8 nitrogen and oxygen atoms in total. The van der Waals surface area contributed by atoms with Crippen LogP contribution in [0, 0.1) is 11.3 Å². The Labute approximate surface area is 194 Å². The molecule has 2 aromatic carbocycles. The normalized spacial score (nSPS) is 11.7. The Kier molecular flexibility index (Phi) is 6.98. The lowest BCUT2D eigenvalue weighted by Gasteiger charge is -2.19. The van der Waals surface area contributed by atoms with Crippen molar-refractivity contribution < 1.29 is 17.9 Å². The molecule has 0 spiro atoms. The number of carbonyl (C=O) groups is 1. The lowest BCUT2D eigenvalue weighted by Crippen LogP contribution is -2.33. The Morgan fingerprint density at radius 1 is 1.15 bits per heavy atom. The number of aromatic amines is 1. The number of nitrogens with zero attached hydrogens (tertiary/aromatic N) is 1. The second kappa shape index (κ2) is 9.55. The number of benzene rings is 2. The molecule has 0 aliphatic rings. The lowest BCUT2D eigenvalue weighted by molar-refractivity contribution is 0.0528. The molecule has 0 atom stereocenters. The van der Waals surface area contributed by atoms with E-state index in [9.17, 15) is 18.5 Å². The quantitative estimate of drug-likeness (QED) is 0.472. The van der Waals surface area contributed by atoms with Crippen LogP contribution < -0.4 is 10.0 Å². The third-order valence-electron chi connectivity index (χ3n) is 4.98. The summed E-state index contributed by atoms with van der Waals surface area (Å²) in [6.07, 6.45) is 2.35. The molecule has 174 valence electrons. The number of alkyl carbamates (subject to hydrolysis) is 1. The van der Waals surface area contributed by atoms with Crippen LogP contribution in [0.2, 0.25) is 0 Å². The Balaban J connectivity index is 1.71. The Hall–Kier alpha value is -3.51. The molecule has 0 bridgehead atoms. The van der Waals surface area contributed by atoms with Crippen LogP contribution in [-0.4, -0.2) is 31.6 Å². The summed E-state index contributed by atoms with van der Waals surface area (Å²) in [5.41, 5.74) is 2.73. The van der Waals surface area contributed by atoms with E-state index in [2.05, 4.69) is 21.1 Å². The first-order valence-electron chi connectivity index (χ1n) is 10.7. The molecule has 0 aliphatic heterocycles. The molecule has 0 unspecified atom stereocenters. The van der Waals surface area contributed by atoms with Gasteiger partial charge in [0.05, 0.1) is 21.7 Å². The number of carbonyl (C=O) groups excluding carboxylic acids is 1. The monoisotopic (exact) mass is 468 g/mol. The van der Waals surface area contributed by atoms with Crippen molar-refractivity contribution in [3.05, 3.63) is 59.3 Å². The number of ether oxygens (including phenoxy) is 1. The van der Waals surface area contributed by atoms with E-state index in [0.29, 0.717) is 29.7 Å². The molecule has 0 radical (unpaired) electrons. The fraction of sp³-hybridized carbons (Fsp3) is 0.333. The van der Waals surface area contributed by atoms with Gasteiger partial charge in [-0.2, -0.15) is 5.26 Å². The van der Waals surface area contributed by atoms with Crippen molar-refractivity contribution in [3.63, 3.8) is 0 Å². The summed E-state index contributed by atoms with van der Waals surface area (Å²) in [7, 11) is -3.84. The first-order chi connectivity index (χ1) is 15.5. The van der Waals surface area contributed by atoms with Crippen LogP contribution in [0.25, 0.3) is 10.9 Å². The van der Waals surface area contributed by atoms with E-state index in [1.165, 1.54) is 12.1 Å². The number of sulfonamides is 1. The second-order valence-corrected chi connectivity index (χ2v) is 10.3. The minimum absolute atomic E-state index is 0.117. The van der Waals surface area contributed by atoms with E-state index in [4.69, 9.17) is 4.74 Å². The van der Waals surface area contributed by atoms with E-state index in [0.717, 1.165) is 22.9 Å². The van der Waals surface area contributed by atoms with Crippen molar-refractivity contribution >= 4 is 32.7 Å². The van der Waals surface area contributed by atoms with Crippen molar-refractivity contribution in [1.82, 2.24) is 10.3 Å². The SMILES string of the molecule is CCc1ccc(NS(=O)(=O)c2ccc(CCNC(=O)OC(C)(C)C)cc2)c2[nH]cc(C#N)c12. The fourth-order valence-electron chi connectivity index (χ4n) is 3.45. The zero-order valence-corrected chi connectivity index (χ0v) is 20.0. The molecule has 0 fully saturated rings. The van der Waals surface area contributed by atoms with Crippen LogP contribution in [0.5, 0.6) is 0 Å². The van der Waals surface area contributed by atoms with Crippen molar-refractivity contribution in [2.24, 2.45) is 0 Å². The lowest BCUT2D eigenvalue weighted by atomic mass is 10.0. The summed E-state index contributed by atoms with van der Waals surface area (Å²) in [6.45, 7) is 7.73. The maximum atomic E-state index is 13.0. The van der Waals surface area contributed by atoms with Gasteiger partial charge in [-0.15, -0.1) is 0 Å². The number of hydrogen-bond donors (Lipinski definition) is 3. The Morgan fingerprint density at radius 2 is 1.85 bits per heavy atom. The molecule has 0 saturated carbocycles. The van der Waals surface area contributed by atoms with E-state index in [1.54, 1.807) is 45.2 Å². The summed E-state index contributed by atoms with van der Waals surface area (Å²) in [5, 5.41) is 12.8. The molecule has 1 amide bonds. The standard InChI is InChI=1S/C24H28N4O4S/c1-5-17-8-11-20(22-21(17)18(14-25)15-27-22)28-33(30,31)19-9-6-16(7-10-19)12-13-26-23(29)32-24(2,3)4/h6-11,15,27-28H,5,12-13H2,1-4H3,(H,26,29). The smallest absolute Gasteiger partial charge is 0.407 e. The highest BCUT2D eigenvalue weighted by Crippen LogP contribution is 2.30. The van der Waals surface area contributed by atoms with Crippen molar-refractivity contribution in [1.29, 1.82) is 5.26 Å². The molecule has 3 N–H and O–H groups in total. The van der Waals surface area contributed by atoms with Gasteiger partial charge in [-0.25, -0.2) is 13.2 Å². The maximum Gasteiger partial charge on any atom is 0.407 e. The van der Waals surface area contributed by atoms with Crippen molar-refractivity contribution in [2.45, 2.75) is 51.0 Å². The first-order valence-corrected chi connectivity index (χ1v) is 12.1. The van der Waals surface area contributed by atoms with Gasteiger partial charge >= 0.3 is 6.09 Å². The predicted octanol–water partition coefficient (Wildman–Crippen LogP) is 4.47. The van der Waals surface area contributed by atoms with Gasteiger partial charge in [-0.05, 0) is 62.9 Å². The number of rotatable bonds is 7. The minimum atomic E-state index is -3.84. The average molecular weight is 469 g/mol. The summed E-state index contributed by atoms with van der Waals surface area (Å²) in [6, 6.07) is 12.2. The van der Waals surface area contributed by atoms with Gasteiger partial charge in [0.25, 0.3) is 10.0 Å². The fourth-order valence-corrected chi connectivity index (χ4v) is 4.52. The number of amides is 1. The number of nitrogens with one attached hydrogen (secondary N) is 3. The number of H-pyrrole nitrogens is 1. The zero-order chi connectivity index (χ0) is 24.2. The molecule has 1 aromatic heterocycles. The highest BCUT2D eigenvalue weighted by Gasteiger charge is 2.19. The number of aryl methyl sites for hydroxylation is 1. The molecule has 33 heavy (non-hydrogen) atoms. The highest BCUT2D eigenvalue weighted by atomic mass is 32.2. The Bertz CT molecular complexity index is 1300. The summed E-state index contributed by atoms with van der Waals surface area (Å²) in [5.74, 6) is 0. The summed E-state index contributed by atoms with van der Waals surface area (Å²) < 4.78 is 33.7. The van der Waals surface area contributed by atoms with Crippen LogP contribution in [-0.2, 0) is 27.6 Å². The average Bonchev–Trinajstić information content (AvgIpc) is 3.18. The van der Waals surface area contributed by atoms with Gasteiger partial charge in [-0.3, -0.25) is 4.72 Å². The third kappa shape index (κ3) is 5.84. The van der Waals surface area contributed by atoms with Gasteiger partial charge in [-0.1, -0.05) is 25.1 Å². The number of fused-ring (bicyclic) bond motifs is 1. The molecule has 0 saturated heterocycles. The highest BCUT2D eigenvalue weighted by molar-refractivity contribution is 7.92. The second-order valence-electron chi connectivity index (χ2n) is 8.62. The summed E-state index contributed by atoms with van der Waals surface area (Å²) >= 11 is 0. The topological polar surface area (TPSA) is 124 Å². The van der Waals surface area contributed by atoms with Crippen LogP contribution >= 0.6 is 0 Å². The van der Waals surface area contributed by atoms with Crippen LogP contribution in [0.1, 0.15) is 44.4 Å². The van der Waals surface area contributed by atoms with Crippen molar-refractivity contribution in [2.75, 3.05) is 11.3 Å². The molecular formula is C24H28N4O4S. The van der Waals surface area contributed by atoms with E-state index < -0.39 is 21.7 Å². The van der Waals surface area contributed by atoms with Crippen LogP contribution in [0.15, 0.2) is 47.5 Å². The number of aromatic nitrogens is 1. The summed E-state index contributed by atoms with van der Waals surface area (Å²) in [4.78, 5) is 14.9. The van der Waals surface area contributed by atoms with E-state index >= 15 is 0 Å². The number of hydrogen-bond acceptors (Lipinski definition) is 5. The van der Waals surface area contributed by atoms with Gasteiger partial charge in [0.15, 0.2) is 0 Å². The Morgan fingerprint density at radius 3 is 2.45 bits per heavy atom. The molecule has 0 aliphatic carbocycles. The zero-order valence-electron chi connectivity index (χ0n) is 19.2. The molecule has 3 aromatic rings. The first kappa shape index (κ1) is 24.1. The third-order valence-corrected chi connectivity index (χ3v) is 6.36. The van der Waals surface area contributed by atoms with Gasteiger partial charge in [0.2, 0.25) is 0 Å². The molecular weight excluding hydrogens is 440 g/mol. The number of nitriles is 1. The van der Waals surface area contributed by atoms with Gasteiger partial charge < -0.3 is 15.0 Å². The molecule has 3 rings (SSSR count). The van der Waals surface area contributed by atoms with Crippen molar-refractivity contribution in [3.8, 4) is 6.07 Å². The predicted molar refractivity (Wildman–Crippen MR) is 128 cm³/mol. The van der Waals surface area contributed by atoms with Gasteiger partial charge in [0.1, 0.15) is 11.7 Å².